The molecular formula is C29H30N2O6. The van der Waals surface area contributed by atoms with Gasteiger partial charge in [0.1, 0.15) is 5.41 Å². The third kappa shape index (κ3) is 3.54. The Morgan fingerprint density at radius 2 is 1.97 bits per heavy atom. The van der Waals surface area contributed by atoms with Crippen molar-refractivity contribution in [3.63, 3.8) is 0 Å². The topological polar surface area (TPSA) is 86.7 Å². The number of methoxy groups -OCH3 is 1. The standard InChI is InChI=1S/C29H30N2O6/c1-16(11-18-9-10-24(37-17(2)32)25(12-18)34-3)27-19-13-26-29(14-22(30-27)20(19)15-36-26)21-7-5-6-8-23(21)31(35-4)28(29)33/h5-12,19-20,22,26H,13-15H2,1-4H3/b16-11+/t19-,20-,22+,26-,29+/m1/s1. The van der Waals surface area contributed by atoms with E-state index in [0.29, 0.717) is 24.5 Å². The monoisotopic (exact) mass is 502 g/mol. The second-order valence-electron chi connectivity index (χ2n) is 10.2. The zero-order valence-corrected chi connectivity index (χ0v) is 21.4. The van der Waals surface area contributed by atoms with Gasteiger partial charge >= 0.3 is 5.97 Å². The molecule has 3 fully saturated rings. The van der Waals surface area contributed by atoms with E-state index >= 15 is 0 Å². The number of rotatable bonds is 5. The summed E-state index contributed by atoms with van der Waals surface area (Å²) < 4.78 is 17.1. The SMILES string of the molecule is COc1cc(/C=C(\C)C2=N[C@H]3C[C@@]4(C(=O)N(OC)c5ccccc54)[C@H]4C[C@@H]2[C@H]3CO4)ccc1OC(C)=O. The van der Waals surface area contributed by atoms with E-state index < -0.39 is 11.4 Å². The number of carbonyl (C=O) groups excluding carboxylic acids is 2. The molecule has 4 heterocycles. The lowest BCUT2D eigenvalue weighted by Crippen LogP contribution is -2.51. The van der Waals surface area contributed by atoms with Gasteiger partial charge < -0.3 is 14.2 Å². The molecule has 1 amide bonds. The third-order valence-corrected chi connectivity index (χ3v) is 8.29. The van der Waals surface area contributed by atoms with Crippen LogP contribution in [0.5, 0.6) is 11.5 Å². The highest BCUT2D eigenvalue weighted by Crippen LogP contribution is 2.57. The molecule has 2 aromatic carbocycles. The molecule has 5 atom stereocenters. The number of nitrogens with zero attached hydrogens (tertiary/aromatic N) is 2. The summed E-state index contributed by atoms with van der Waals surface area (Å²) >= 11 is 0. The maximum absolute atomic E-state index is 13.8. The normalized spacial score (nSPS) is 29.8. The molecule has 4 bridgehead atoms. The van der Waals surface area contributed by atoms with E-state index in [1.54, 1.807) is 13.2 Å². The number of fused-ring (bicyclic) bond motifs is 2. The Morgan fingerprint density at radius 1 is 1.16 bits per heavy atom. The van der Waals surface area contributed by atoms with Gasteiger partial charge in [0.15, 0.2) is 11.5 Å². The van der Waals surface area contributed by atoms with Gasteiger partial charge in [-0.05, 0) is 54.7 Å². The Kier molecular flexibility index (Phi) is 5.69. The van der Waals surface area contributed by atoms with Crippen LogP contribution in [0.4, 0.5) is 5.69 Å². The van der Waals surface area contributed by atoms with E-state index in [9.17, 15) is 9.59 Å². The molecule has 1 saturated carbocycles. The van der Waals surface area contributed by atoms with Gasteiger partial charge in [-0.1, -0.05) is 30.3 Å². The van der Waals surface area contributed by atoms with Crippen molar-refractivity contribution >= 4 is 29.4 Å². The Morgan fingerprint density at radius 3 is 2.73 bits per heavy atom. The van der Waals surface area contributed by atoms with Crippen molar-refractivity contribution in [1.29, 1.82) is 0 Å². The van der Waals surface area contributed by atoms with E-state index in [1.165, 1.54) is 19.1 Å². The van der Waals surface area contributed by atoms with Gasteiger partial charge in [0.2, 0.25) is 0 Å². The van der Waals surface area contributed by atoms with Crippen LogP contribution < -0.4 is 14.5 Å². The molecule has 192 valence electrons. The number of ether oxygens (including phenoxy) is 3. The second-order valence-corrected chi connectivity index (χ2v) is 10.2. The van der Waals surface area contributed by atoms with Crippen LogP contribution in [0.15, 0.2) is 53.0 Å². The summed E-state index contributed by atoms with van der Waals surface area (Å²) in [6, 6.07) is 13.4. The van der Waals surface area contributed by atoms with E-state index in [4.69, 9.17) is 24.0 Å². The summed E-state index contributed by atoms with van der Waals surface area (Å²) in [7, 11) is 3.09. The molecule has 4 aliphatic heterocycles. The van der Waals surface area contributed by atoms with Crippen LogP contribution >= 0.6 is 0 Å². The number of aliphatic imine (C=N–C) groups is 1. The van der Waals surface area contributed by atoms with E-state index in [-0.39, 0.29) is 29.9 Å². The Bertz CT molecular complexity index is 1350. The number of hydroxylamine groups is 1. The predicted molar refractivity (Wildman–Crippen MR) is 138 cm³/mol. The minimum absolute atomic E-state index is 0.00876. The number of allylic oxidation sites excluding steroid dienone is 1. The van der Waals surface area contributed by atoms with Crippen LogP contribution in [0, 0.1) is 11.8 Å². The average molecular weight is 503 g/mol. The largest absolute Gasteiger partial charge is 0.493 e. The Hall–Kier alpha value is -3.49. The van der Waals surface area contributed by atoms with Crippen molar-refractivity contribution in [2.45, 2.75) is 44.2 Å². The van der Waals surface area contributed by atoms with Gasteiger partial charge in [0.25, 0.3) is 5.91 Å². The minimum atomic E-state index is -0.784. The van der Waals surface area contributed by atoms with Crippen LogP contribution in [0.3, 0.4) is 0 Å². The van der Waals surface area contributed by atoms with Gasteiger partial charge in [0, 0.05) is 24.5 Å². The van der Waals surface area contributed by atoms with Crippen molar-refractivity contribution < 1.29 is 28.6 Å². The summed E-state index contributed by atoms with van der Waals surface area (Å²) in [5, 5.41) is 1.42. The number of benzene rings is 2. The number of hydrogen-bond donors (Lipinski definition) is 0. The van der Waals surface area contributed by atoms with Crippen molar-refractivity contribution in [1.82, 2.24) is 0 Å². The van der Waals surface area contributed by atoms with Crippen LogP contribution in [0.2, 0.25) is 0 Å². The van der Waals surface area contributed by atoms with E-state index in [2.05, 4.69) is 13.0 Å². The van der Waals surface area contributed by atoms with Gasteiger partial charge in [-0.3, -0.25) is 19.4 Å². The van der Waals surface area contributed by atoms with Crippen molar-refractivity contribution in [2.75, 3.05) is 25.9 Å². The minimum Gasteiger partial charge on any atom is -0.493 e. The summed E-state index contributed by atoms with van der Waals surface area (Å²) in [5.41, 5.74) is 4.08. The van der Waals surface area contributed by atoms with Crippen LogP contribution in [0.1, 0.15) is 37.8 Å². The molecule has 1 aliphatic carbocycles. The number of anilines is 1. The van der Waals surface area contributed by atoms with Crippen LogP contribution in [0.25, 0.3) is 6.08 Å². The zero-order chi connectivity index (χ0) is 25.9. The highest BCUT2D eigenvalue weighted by molar-refractivity contribution is 6.09. The zero-order valence-electron chi connectivity index (χ0n) is 21.4. The number of para-hydroxylation sites is 1. The quantitative estimate of drug-likeness (QED) is 0.452. The van der Waals surface area contributed by atoms with Gasteiger partial charge in [0.05, 0.1) is 38.7 Å². The highest BCUT2D eigenvalue weighted by atomic mass is 16.7. The highest BCUT2D eigenvalue weighted by Gasteiger charge is 2.64. The fraction of sp³-hybridized carbons (Fsp3) is 0.414. The molecule has 0 aromatic heterocycles. The summed E-state index contributed by atoms with van der Waals surface area (Å²) in [6.07, 6.45) is 3.19. The maximum Gasteiger partial charge on any atom is 0.308 e. The summed E-state index contributed by atoms with van der Waals surface area (Å²) in [4.78, 5) is 35.9. The molecule has 8 nitrogen and oxygen atoms in total. The van der Waals surface area contributed by atoms with Gasteiger partial charge in [-0.2, -0.15) is 5.06 Å². The van der Waals surface area contributed by atoms with Crippen LogP contribution in [-0.2, 0) is 24.6 Å². The summed E-state index contributed by atoms with van der Waals surface area (Å²) in [5.74, 6) is 0.897. The number of carbonyl (C=O) groups is 2. The predicted octanol–water partition coefficient (Wildman–Crippen LogP) is 4.12. The first-order valence-electron chi connectivity index (χ1n) is 12.6. The number of esters is 1. The van der Waals surface area contributed by atoms with E-state index in [0.717, 1.165) is 34.5 Å². The first-order chi connectivity index (χ1) is 17.9. The molecule has 0 radical (unpaired) electrons. The van der Waals surface area contributed by atoms with E-state index in [1.807, 2.05) is 36.4 Å². The van der Waals surface area contributed by atoms with Crippen molar-refractivity contribution in [2.24, 2.45) is 16.8 Å². The third-order valence-electron chi connectivity index (χ3n) is 8.29. The fourth-order valence-electron chi connectivity index (χ4n) is 6.74. The van der Waals surface area contributed by atoms with Gasteiger partial charge in [-0.25, -0.2) is 0 Å². The first-order valence-corrected chi connectivity index (χ1v) is 12.6. The molecule has 2 aromatic rings. The first kappa shape index (κ1) is 23.9. The van der Waals surface area contributed by atoms with Crippen LogP contribution in [-0.4, -0.2) is 50.6 Å². The molecule has 5 aliphatic rings. The Labute approximate surface area is 215 Å². The molecular weight excluding hydrogens is 472 g/mol. The lowest BCUT2D eigenvalue weighted by atomic mass is 9.71. The van der Waals surface area contributed by atoms with Crippen molar-refractivity contribution in [3.8, 4) is 11.5 Å². The lowest BCUT2D eigenvalue weighted by Gasteiger charge is -2.38. The molecule has 0 N–H and O–H groups in total. The number of hydrogen-bond acceptors (Lipinski definition) is 7. The molecule has 2 saturated heterocycles. The lowest BCUT2D eigenvalue weighted by molar-refractivity contribution is -0.137. The van der Waals surface area contributed by atoms with Gasteiger partial charge in [-0.15, -0.1) is 0 Å². The van der Waals surface area contributed by atoms with Crippen molar-refractivity contribution in [3.05, 3.63) is 59.2 Å². The molecule has 8 heteroatoms. The average Bonchev–Trinajstić information content (AvgIpc) is 3.25. The Balaban J connectivity index is 1.34. The molecule has 1 spiro atoms. The summed E-state index contributed by atoms with van der Waals surface area (Å²) in [6.45, 7) is 4.03. The smallest absolute Gasteiger partial charge is 0.308 e. The number of amides is 1. The molecule has 7 rings (SSSR count). The molecule has 0 unspecified atom stereocenters. The second kappa shape index (κ2) is 8.82. The molecule has 37 heavy (non-hydrogen) atoms. The maximum atomic E-state index is 13.8. The fourth-order valence-corrected chi connectivity index (χ4v) is 6.74.